The summed E-state index contributed by atoms with van der Waals surface area (Å²) in [5.74, 6) is -0.262. The molecule has 0 bridgehead atoms. The van der Waals surface area contributed by atoms with E-state index >= 15 is 0 Å². The Balaban J connectivity index is 1.99. The molecule has 1 N–H and O–H groups in total. The molecule has 1 aromatic heterocycles. The van der Waals surface area contributed by atoms with Gasteiger partial charge >= 0.3 is 5.69 Å². The maximum Gasteiger partial charge on any atom is 0.312 e. The van der Waals surface area contributed by atoms with Crippen LogP contribution in [-0.4, -0.2) is 26.7 Å². The lowest BCUT2D eigenvalue weighted by Crippen LogP contribution is -2.40. The number of aryl methyl sites for hydroxylation is 1. The summed E-state index contributed by atoms with van der Waals surface area (Å²) in [6.45, 7) is 5.48. The van der Waals surface area contributed by atoms with Gasteiger partial charge in [0.15, 0.2) is 0 Å². The van der Waals surface area contributed by atoms with Crippen molar-refractivity contribution in [1.29, 1.82) is 0 Å². The van der Waals surface area contributed by atoms with Gasteiger partial charge in [-0.2, -0.15) is 5.10 Å². The van der Waals surface area contributed by atoms with Crippen molar-refractivity contribution in [1.82, 2.24) is 15.1 Å². The molecule has 1 unspecified atom stereocenters. The van der Waals surface area contributed by atoms with Crippen molar-refractivity contribution in [3.05, 3.63) is 21.5 Å². The number of nitrogens with one attached hydrogen (secondary N) is 1. The van der Waals surface area contributed by atoms with E-state index in [-0.39, 0.29) is 23.6 Å². The molecule has 0 aliphatic heterocycles. The van der Waals surface area contributed by atoms with Crippen LogP contribution in [0, 0.1) is 29.9 Å². The van der Waals surface area contributed by atoms with E-state index in [1.165, 1.54) is 19.3 Å². The molecule has 1 saturated carbocycles. The van der Waals surface area contributed by atoms with Gasteiger partial charge < -0.3 is 5.32 Å². The number of carbonyl (C=O) groups is 1. The number of carbonyl (C=O) groups excluding carboxylic acids is 1. The van der Waals surface area contributed by atoms with Gasteiger partial charge in [-0.05, 0) is 26.7 Å². The van der Waals surface area contributed by atoms with E-state index in [0.717, 1.165) is 12.8 Å². The van der Waals surface area contributed by atoms with Crippen molar-refractivity contribution in [3.63, 3.8) is 0 Å². The van der Waals surface area contributed by atoms with Crippen LogP contribution in [0.15, 0.2) is 0 Å². The van der Waals surface area contributed by atoms with Crippen LogP contribution in [0.1, 0.15) is 50.4 Å². The number of nitrogens with zero attached hydrogens (tertiary/aromatic N) is 3. The summed E-state index contributed by atoms with van der Waals surface area (Å²) < 4.78 is 1.57. The van der Waals surface area contributed by atoms with Crippen LogP contribution in [0.5, 0.6) is 0 Å². The second-order valence-corrected chi connectivity index (χ2v) is 6.20. The second-order valence-electron chi connectivity index (χ2n) is 6.20. The van der Waals surface area contributed by atoms with Crippen LogP contribution in [0.25, 0.3) is 0 Å². The lowest BCUT2D eigenvalue weighted by Gasteiger charge is -2.24. The first-order chi connectivity index (χ1) is 10.4. The number of amides is 1. The van der Waals surface area contributed by atoms with E-state index in [1.54, 1.807) is 18.5 Å². The fourth-order valence-corrected chi connectivity index (χ4v) is 3.06. The quantitative estimate of drug-likeness (QED) is 0.668. The molecule has 0 saturated heterocycles. The molecule has 122 valence electrons. The number of nitro groups is 1. The minimum Gasteiger partial charge on any atom is -0.353 e. The fraction of sp³-hybridized carbons (Fsp3) is 0.733. The van der Waals surface area contributed by atoms with E-state index in [0.29, 0.717) is 17.9 Å². The highest BCUT2D eigenvalue weighted by atomic mass is 16.6. The largest absolute Gasteiger partial charge is 0.353 e. The molecule has 0 aromatic carbocycles. The third kappa shape index (κ3) is 3.64. The van der Waals surface area contributed by atoms with Crippen LogP contribution in [0.4, 0.5) is 5.69 Å². The first-order valence-corrected chi connectivity index (χ1v) is 7.89. The number of hydrogen-bond acceptors (Lipinski definition) is 4. The van der Waals surface area contributed by atoms with E-state index in [2.05, 4.69) is 10.4 Å². The second kappa shape index (κ2) is 6.89. The van der Waals surface area contributed by atoms with Gasteiger partial charge in [0, 0.05) is 6.04 Å². The van der Waals surface area contributed by atoms with Gasteiger partial charge in [-0.1, -0.05) is 26.2 Å². The molecule has 1 heterocycles. The maximum atomic E-state index is 12.3. The smallest absolute Gasteiger partial charge is 0.312 e. The van der Waals surface area contributed by atoms with E-state index in [4.69, 9.17) is 0 Å². The first kappa shape index (κ1) is 16.5. The van der Waals surface area contributed by atoms with Gasteiger partial charge in [-0.3, -0.25) is 19.6 Å². The van der Waals surface area contributed by atoms with Crippen LogP contribution in [0.3, 0.4) is 0 Å². The minimum atomic E-state index is -0.416. The normalized spacial score (nSPS) is 17.2. The Hall–Kier alpha value is -1.92. The summed E-state index contributed by atoms with van der Waals surface area (Å²) in [5.41, 5.74) is 0.932. The van der Waals surface area contributed by atoms with Crippen molar-refractivity contribution in [3.8, 4) is 0 Å². The SMILES string of the molecule is Cc1nn(CC(C)C(=O)NC2CCCCC2)c(C)c1[N+](=O)[O-]. The zero-order chi connectivity index (χ0) is 16.3. The lowest BCUT2D eigenvalue weighted by atomic mass is 9.95. The molecule has 22 heavy (non-hydrogen) atoms. The Bertz CT molecular complexity index is 561. The average Bonchev–Trinajstić information content (AvgIpc) is 2.74. The zero-order valence-corrected chi connectivity index (χ0v) is 13.5. The van der Waals surface area contributed by atoms with Crippen molar-refractivity contribution in [2.45, 2.75) is 65.5 Å². The summed E-state index contributed by atoms with van der Waals surface area (Å²) in [5, 5.41) is 18.3. The summed E-state index contributed by atoms with van der Waals surface area (Å²) >= 11 is 0. The molecule has 2 rings (SSSR count). The third-order valence-corrected chi connectivity index (χ3v) is 4.37. The molecule has 7 nitrogen and oxygen atoms in total. The summed E-state index contributed by atoms with van der Waals surface area (Å²) in [6, 6.07) is 0.276. The molecule has 7 heteroatoms. The first-order valence-electron chi connectivity index (χ1n) is 7.89. The van der Waals surface area contributed by atoms with Crippen molar-refractivity contribution >= 4 is 11.6 Å². The highest BCUT2D eigenvalue weighted by Crippen LogP contribution is 2.23. The summed E-state index contributed by atoms with van der Waals surface area (Å²) in [7, 11) is 0. The Morgan fingerprint density at radius 3 is 2.59 bits per heavy atom. The van der Waals surface area contributed by atoms with E-state index in [1.807, 2.05) is 6.92 Å². The molecule has 1 aliphatic carbocycles. The van der Waals surface area contributed by atoms with Gasteiger partial charge in [0.1, 0.15) is 11.4 Å². The lowest BCUT2D eigenvalue weighted by molar-refractivity contribution is -0.386. The zero-order valence-electron chi connectivity index (χ0n) is 13.5. The van der Waals surface area contributed by atoms with Crippen LogP contribution in [0.2, 0.25) is 0 Å². The van der Waals surface area contributed by atoms with Crippen molar-refractivity contribution in [2.75, 3.05) is 0 Å². The predicted octanol–water partition coefficient (Wildman–Crippen LogP) is 2.49. The molecular formula is C15H24N4O3. The topological polar surface area (TPSA) is 90.1 Å². The van der Waals surface area contributed by atoms with Gasteiger partial charge in [0.2, 0.25) is 5.91 Å². The highest BCUT2D eigenvalue weighted by molar-refractivity contribution is 5.78. The number of rotatable bonds is 5. The minimum absolute atomic E-state index is 0.00195. The van der Waals surface area contributed by atoms with Gasteiger partial charge in [-0.15, -0.1) is 0 Å². The molecular weight excluding hydrogens is 284 g/mol. The average molecular weight is 308 g/mol. The van der Waals surface area contributed by atoms with Gasteiger partial charge in [0.25, 0.3) is 0 Å². The number of aromatic nitrogens is 2. The van der Waals surface area contributed by atoms with Crippen LogP contribution >= 0.6 is 0 Å². The maximum absolute atomic E-state index is 12.3. The molecule has 0 spiro atoms. The van der Waals surface area contributed by atoms with Crippen LogP contribution < -0.4 is 5.32 Å². The molecule has 1 aromatic rings. The Labute approximate surface area is 130 Å². The number of hydrogen-bond donors (Lipinski definition) is 1. The molecule has 1 atom stereocenters. The van der Waals surface area contributed by atoms with Crippen molar-refractivity contribution in [2.24, 2.45) is 5.92 Å². The monoisotopic (exact) mass is 308 g/mol. The van der Waals surface area contributed by atoms with E-state index in [9.17, 15) is 14.9 Å². The Morgan fingerprint density at radius 1 is 1.41 bits per heavy atom. The fourth-order valence-electron chi connectivity index (χ4n) is 3.06. The molecule has 1 fully saturated rings. The van der Waals surface area contributed by atoms with Crippen molar-refractivity contribution < 1.29 is 9.72 Å². The van der Waals surface area contributed by atoms with Crippen LogP contribution in [-0.2, 0) is 11.3 Å². The highest BCUT2D eigenvalue weighted by Gasteiger charge is 2.25. The van der Waals surface area contributed by atoms with E-state index < -0.39 is 4.92 Å². The molecule has 1 aliphatic rings. The molecule has 0 radical (unpaired) electrons. The van der Waals surface area contributed by atoms with Gasteiger partial charge in [-0.25, -0.2) is 0 Å². The standard InChI is InChI=1S/C15H24N4O3/c1-10(15(20)16-13-7-5-4-6-8-13)9-18-12(3)14(19(21)22)11(2)17-18/h10,13H,4-9H2,1-3H3,(H,16,20). The predicted molar refractivity (Wildman–Crippen MR) is 82.5 cm³/mol. The summed E-state index contributed by atoms with van der Waals surface area (Å²) in [6.07, 6.45) is 5.68. The summed E-state index contributed by atoms with van der Waals surface area (Å²) in [4.78, 5) is 22.9. The Kier molecular flexibility index (Phi) is 5.15. The Morgan fingerprint density at radius 2 is 2.05 bits per heavy atom. The van der Waals surface area contributed by atoms with Gasteiger partial charge in [0.05, 0.1) is 17.4 Å². The third-order valence-electron chi connectivity index (χ3n) is 4.37. The molecule has 1 amide bonds.